The fourth-order valence-corrected chi connectivity index (χ4v) is 1.83. The topological polar surface area (TPSA) is 41.1 Å². The Balaban J connectivity index is 2.46. The summed E-state index contributed by atoms with van der Waals surface area (Å²) >= 11 is 0. The first-order chi connectivity index (χ1) is 7.06. The van der Waals surface area contributed by atoms with E-state index in [9.17, 15) is 4.79 Å². The van der Waals surface area contributed by atoms with Crippen LogP contribution < -0.4 is 10.6 Å². The lowest BCUT2D eigenvalue weighted by Crippen LogP contribution is -2.18. The fraction of sp³-hybridized carbons (Fsp3) is 0.417. The number of hydrogen-bond acceptors (Lipinski definition) is 2. The van der Waals surface area contributed by atoms with E-state index in [1.165, 1.54) is 11.1 Å². The number of fused-ring (bicyclic) bond motifs is 1. The molecule has 3 nitrogen and oxygen atoms in total. The van der Waals surface area contributed by atoms with E-state index in [1.807, 2.05) is 13.0 Å². The average molecular weight is 204 g/mol. The van der Waals surface area contributed by atoms with E-state index in [4.69, 9.17) is 0 Å². The van der Waals surface area contributed by atoms with Gasteiger partial charge in [0.25, 0.3) is 0 Å². The van der Waals surface area contributed by atoms with Crippen LogP contribution in [0, 0.1) is 13.8 Å². The molecule has 0 unspecified atom stereocenters. The first kappa shape index (κ1) is 10.0. The van der Waals surface area contributed by atoms with Gasteiger partial charge >= 0.3 is 0 Å². The van der Waals surface area contributed by atoms with E-state index in [2.05, 4.69) is 30.5 Å². The summed E-state index contributed by atoms with van der Waals surface area (Å²) in [5, 5.41) is 6.26. The molecule has 3 heteroatoms. The second-order valence-corrected chi connectivity index (χ2v) is 4.28. The summed E-state index contributed by atoms with van der Waals surface area (Å²) in [6, 6.07) is 4.30. The molecule has 1 amide bonds. The number of carbonyl (C=O) groups excluding carboxylic acids is 1. The summed E-state index contributed by atoms with van der Waals surface area (Å²) < 4.78 is 0. The van der Waals surface area contributed by atoms with Gasteiger partial charge in [0.15, 0.2) is 0 Å². The van der Waals surface area contributed by atoms with Gasteiger partial charge in [0.1, 0.15) is 0 Å². The molecule has 2 N–H and O–H groups in total. The van der Waals surface area contributed by atoms with Crippen molar-refractivity contribution in [1.29, 1.82) is 0 Å². The second-order valence-electron chi connectivity index (χ2n) is 4.28. The first-order valence-corrected chi connectivity index (χ1v) is 5.24. The third-order valence-corrected chi connectivity index (χ3v) is 2.80. The Morgan fingerprint density at radius 2 is 1.80 bits per heavy atom. The highest BCUT2D eigenvalue weighted by Crippen LogP contribution is 2.29. The van der Waals surface area contributed by atoms with Gasteiger partial charge in [-0.15, -0.1) is 0 Å². The Kier molecular flexibility index (Phi) is 2.39. The van der Waals surface area contributed by atoms with Crippen LogP contribution in [-0.4, -0.2) is 11.9 Å². The smallest absolute Gasteiger partial charge is 0.226 e. The molecule has 0 aromatic heterocycles. The zero-order valence-corrected chi connectivity index (χ0v) is 9.35. The van der Waals surface area contributed by atoms with Gasteiger partial charge in [-0.3, -0.25) is 4.79 Å². The molecule has 1 atom stereocenters. The molecule has 0 spiro atoms. The summed E-state index contributed by atoms with van der Waals surface area (Å²) in [4.78, 5) is 11.5. The number of amides is 1. The van der Waals surface area contributed by atoms with Crippen LogP contribution in [0.3, 0.4) is 0 Å². The number of rotatable bonds is 0. The molecule has 80 valence electrons. The van der Waals surface area contributed by atoms with Crippen LogP contribution in [0.15, 0.2) is 12.1 Å². The third-order valence-electron chi connectivity index (χ3n) is 2.80. The molecule has 1 aromatic carbocycles. The first-order valence-electron chi connectivity index (χ1n) is 5.24. The molecule has 1 aliphatic rings. The van der Waals surface area contributed by atoms with E-state index in [0.717, 1.165) is 11.4 Å². The lowest BCUT2D eigenvalue weighted by molar-refractivity contribution is -0.116. The van der Waals surface area contributed by atoms with Crippen molar-refractivity contribution in [2.75, 3.05) is 10.6 Å². The summed E-state index contributed by atoms with van der Waals surface area (Å²) in [6.45, 7) is 6.15. The molecule has 0 bridgehead atoms. The van der Waals surface area contributed by atoms with Crippen molar-refractivity contribution in [1.82, 2.24) is 0 Å². The van der Waals surface area contributed by atoms with Crippen molar-refractivity contribution in [2.24, 2.45) is 0 Å². The molecule has 1 heterocycles. The molecular formula is C12H16N2O. The minimum absolute atomic E-state index is 0.0806. The van der Waals surface area contributed by atoms with Gasteiger partial charge in [0.2, 0.25) is 5.91 Å². The standard InChI is InChI=1S/C12H16N2O/c1-7-4-10-11(5-8(7)2)14-12(15)6-9(3)13-10/h4-5,9,13H,6H2,1-3H3,(H,14,15)/t9-/m0/s1. The molecule has 1 aromatic rings. The summed E-state index contributed by atoms with van der Waals surface area (Å²) in [7, 11) is 0. The second kappa shape index (κ2) is 3.57. The number of nitrogens with one attached hydrogen (secondary N) is 2. The molecular weight excluding hydrogens is 188 g/mol. The predicted octanol–water partition coefficient (Wildman–Crippen LogP) is 2.45. The SMILES string of the molecule is Cc1cc2c(cc1C)N[C@@H](C)CC(=O)N2. The zero-order chi connectivity index (χ0) is 11.0. The van der Waals surface area contributed by atoms with Crippen molar-refractivity contribution in [2.45, 2.75) is 33.2 Å². The van der Waals surface area contributed by atoms with Crippen molar-refractivity contribution < 1.29 is 4.79 Å². The maximum atomic E-state index is 11.5. The van der Waals surface area contributed by atoms with E-state index in [-0.39, 0.29) is 11.9 Å². The Morgan fingerprint density at radius 3 is 2.47 bits per heavy atom. The van der Waals surface area contributed by atoms with Gasteiger partial charge < -0.3 is 10.6 Å². The molecule has 0 aliphatic carbocycles. The molecule has 0 radical (unpaired) electrons. The van der Waals surface area contributed by atoms with Crippen LogP contribution >= 0.6 is 0 Å². The molecule has 0 saturated carbocycles. The van der Waals surface area contributed by atoms with E-state index in [1.54, 1.807) is 0 Å². The van der Waals surface area contributed by atoms with Gasteiger partial charge in [-0.2, -0.15) is 0 Å². The molecule has 0 saturated heterocycles. The Morgan fingerprint density at radius 1 is 1.20 bits per heavy atom. The fourth-order valence-electron chi connectivity index (χ4n) is 1.83. The van der Waals surface area contributed by atoms with E-state index < -0.39 is 0 Å². The van der Waals surface area contributed by atoms with Crippen molar-refractivity contribution in [3.8, 4) is 0 Å². The van der Waals surface area contributed by atoms with Gasteiger partial charge in [-0.1, -0.05) is 0 Å². The number of carbonyl (C=O) groups is 1. The zero-order valence-electron chi connectivity index (χ0n) is 9.35. The van der Waals surface area contributed by atoms with E-state index in [0.29, 0.717) is 6.42 Å². The van der Waals surface area contributed by atoms with Crippen LogP contribution in [0.25, 0.3) is 0 Å². The van der Waals surface area contributed by atoms with Crippen LogP contribution in [0.1, 0.15) is 24.5 Å². The average Bonchev–Trinajstić information content (AvgIpc) is 2.24. The highest BCUT2D eigenvalue weighted by molar-refractivity contribution is 5.96. The van der Waals surface area contributed by atoms with Crippen LogP contribution in [0.4, 0.5) is 11.4 Å². The summed E-state index contributed by atoms with van der Waals surface area (Å²) in [5.41, 5.74) is 4.36. The van der Waals surface area contributed by atoms with Crippen LogP contribution in [-0.2, 0) is 4.79 Å². The molecule has 0 fully saturated rings. The Bertz CT molecular complexity index is 412. The van der Waals surface area contributed by atoms with Crippen molar-refractivity contribution >= 4 is 17.3 Å². The van der Waals surface area contributed by atoms with Gasteiger partial charge in [0.05, 0.1) is 11.4 Å². The summed E-state index contributed by atoms with van der Waals surface area (Å²) in [6.07, 6.45) is 0.521. The highest BCUT2D eigenvalue weighted by Gasteiger charge is 2.17. The lowest BCUT2D eigenvalue weighted by Gasteiger charge is -2.13. The molecule has 1 aliphatic heterocycles. The van der Waals surface area contributed by atoms with Gasteiger partial charge in [-0.25, -0.2) is 0 Å². The van der Waals surface area contributed by atoms with E-state index >= 15 is 0 Å². The highest BCUT2D eigenvalue weighted by atomic mass is 16.1. The van der Waals surface area contributed by atoms with Crippen LogP contribution in [0.5, 0.6) is 0 Å². The van der Waals surface area contributed by atoms with Gasteiger partial charge in [0, 0.05) is 12.5 Å². The predicted molar refractivity (Wildman–Crippen MR) is 62.2 cm³/mol. The number of hydrogen-bond donors (Lipinski definition) is 2. The number of anilines is 2. The minimum atomic E-state index is 0.0806. The molecule has 2 rings (SSSR count). The molecule has 15 heavy (non-hydrogen) atoms. The number of benzene rings is 1. The quantitative estimate of drug-likeness (QED) is 0.681. The summed E-state index contributed by atoms with van der Waals surface area (Å²) in [5.74, 6) is 0.0806. The lowest BCUT2D eigenvalue weighted by atomic mass is 10.1. The van der Waals surface area contributed by atoms with Crippen LogP contribution in [0.2, 0.25) is 0 Å². The maximum Gasteiger partial charge on any atom is 0.226 e. The van der Waals surface area contributed by atoms with Gasteiger partial charge in [-0.05, 0) is 44.0 Å². The Hall–Kier alpha value is -1.51. The third kappa shape index (κ3) is 1.96. The van der Waals surface area contributed by atoms with Crippen molar-refractivity contribution in [3.05, 3.63) is 23.3 Å². The monoisotopic (exact) mass is 204 g/mol. The largest absolute Gasteiger partial charge is 0.380 e. The Labute approximate surface area is 89.9 Å². The normalized spacial score (nSPS) is 19.9. The number of aryl methyl sites for hydroxylation is 2. The maximum absolute atomic E-state index is 11.5. The van der Waals surface area contributed by atoms with Crippen molar-refractivity contribution in [3.63, 3.8) is 0 Å². The minimum Gasteiger partial charge on any atom is -0.380 e.